The number of carboxylic acids is 1. The van der Waals surface area contributed by atoms with E-state index >= 15 is 0 Å². The molecule has 168 valence electrons. The first kappa shape index (κ1) is 32.4. The molecule has 2 rings (SSSR count). The van der Waals surface area contributed by atoms with E-state index in [1.54, 1.807) is 0 Å². The molecule has 2 aromatic carbocycles. The Bertz CT molecular complexity index is 1170. The smallest absolute Gasteiger partial charge is 0.744 e. The van der Waals surface area contributed by atoms with Gasteiger partial charge in [-0.25, -0.2) is 16.8 Å². The molecule has 0 saturated heterocycles. The van der Waals surface area contributed by atoms with Gasteiger partial charge in [0.1, 0.15) is 20.2 Å². The van der Waals surface area contributed by atoms with Gasteiger partial charge in [0.2, 0.25) is 0 Å². The van der Waals surface area contributed by atoms with E-state index < -0.39 is 53.7 Å². The van der Waals surface area contributed by atoms with E-state index in [-0.39, 0.29) is 78.4 Å². The van der Waals surface area contributed by atoms with Crippen LogP contribution in [0.5, 0.6) is 0 Å². The van der Waals surface area contributed by atoms with Gasteiger partial charge >= 0.3 is 65.1 Å². The van der Waals surface area contributed by atoms with Gasteiger partial charge in [-0.2, -0.15) is 0 Å². The number of carbonyl (C=O) groups is 2. The van der Waals surface area contributed by atoms with Gasteiger partial charge in [-0.15, -0.1) is 0 Å². The minimum atomic E-state index is -4.62. The molecule has 33 heavy (non-hydrogen) atoms. The second kappa shape index (κ2) is 13.4. The molecule has 0 fully saturated rings. The Labute approximate surface area is 236 Å². The zero-order valence-electron chi connectivity index (χ0n) is 18.0. The van der Waals surface area contributed by atoms with Crippen LogP contribution in [0, 0.1) is 5.92 Å². The van der Waals surface area contributed by atoms with Gasteiger partial charge in [0.25, 0.3) is 0 Å². The Kier molecular flexibility index (Phi) is 13.2. The predicted octanol–water partition coefficient (Wildman–Crippen LogP) is -5.72. The summed E-state index contributed by atoms with van der Waals surface area (Å²) in [4.78, 5) is 23.1. The van der Waals surface area contributed by atoms with Crippen LogP contribution in [0.2, 0.25) is 0 Å². The number of aliphatic carboxylic acids is 1. The van der Waals surface area contributed by atoms with Crippen molar-refractivity contribution in [3.8, 4) is 0 Å². The Morgan fingerprint density at radius 3 is 1.48 bits per heavy atom. The number of Topliss-reactive ketones (excluding diaryl/α,β-unsaturated/α-hetero) is 1. The van der Waals surface area contributed by atoms with Crippen molar-refractivity contribution in [3.63, 3.8) is 0 Å². The molecule has 3 N–H and O–H groups in total. The largest absolute Gasteiger partial charge is 1.00 e. The summed E-state index contributed by atoms with van der Waals surface area (Å²) in [6.45, 7) is 0. The number of carboxylic acid groups (broad SMARTS) is 1. The Hall–Kier alpha value is -0.640. The van der Waals surface area contributed by atoms with Gasteiger partial charge in [-0.3, -0.25) is 9.59 Å². The molecule has 0 aliphatic carbocycles. The van der Waals surface area contributed by atoms with Gasteiger partial charge in [0.05, 0.1) is 21.8 Å². The molecule has 0 aromatic heterocycles. The second-order valence-electron chi connectivity index (χ2n) is 6.92. The van der Waals surface area contributed by atoms with Crippen LogP contribution < -0.4 is 64.8 Å². The number of rotatable bonds is 10. The van der Waals surface area contributed by atoms with Crippen LogP contribution in [-0.4, -0.2) is 48.8 Å². The summed E-state index contributed by atoms with van der Waals surface area (Å²) in [6.07, 6.45) is -0.450. The normalized spacial score (nSPS) is 13.2. The first-order valence-corrected chi connectivity index (χ1v) is 11.7. The van der Waals surface area contributed by atoms with Crippen molar-refractivity contribution in [2.75, 3.05) is 0 Å². The minimum absolute atomic E-state index is 0. The fourth-order valence-electron chi connectivity index (χ4n) is 2.88. The van der Waals surface area contributed by atoms with E-state index in [2.05, 4.69) is 0 Å². The van der Waals surface area contributed by atoms with E-state index in [0.29, 0.717) is 11.1 Å². The third kappa shape index (κ3) is 10.2. The number of carbonyl (C=O) groups excluding carboxylic acids is 1. The van der Waals surface area contributed by atoms with E-state index in [4.69, 9.17) is 5.73 Å². The van der Waals surface area contributed by atoms with E-state index in [1.807, 2.05) is 0 Å². The fraction of sp³-hybridized carbons (Fsp3) is 0.263. The zero-order chi connectivity index (χ0) is 23.4. The molecule has 0 amide bonds. The van der Waals surface area contributed by atoms with Crippen molar-refractivity contribution in [2.24, 2.45) is 11.7 Å². The maximum absolute atomic E-state index is 12.4. The van der Waals surface area contributed by atoms with Crippen LogP contribution in [0.4, 0.5) is 0 Å². The Balaban J connectivity index is 0.00000512. The number of hydrogen-bond acceptors (Lipinski definition) is 9. The maximum Gasteiger partial charge on any atom is 1.00 e. The average molecular weight is 515 g/mol. The molecule has 0 saturated carbocycles. The van der Waals surface area contributed by atoms with Crippen LogP contribution in [0.15, 0.2) is 58.3 Å². The summed E-state index contributed by atoms with van der Waals surface area (Å²) in [5, 5.41) is 9.42. The van der Waals surface area contributed by atoms with Crippen molar-refractivity contribution in [3.05, 3.63) is 59.7 Å². The van der Waals surface area contributed by atoms with Crippen LogP contribution in [0.25, 0.3) is 0 Å². The van der Waals surface area contributed by atoms with Crippen LogP contribution >= 0.6 is 0 Å². The van der Waals surface area contributed by atoms with Gasteiger partial charge in [-0.1, -0.05) is 24.3 Å². The summed E-state index contributed by atoms with van der Waals surface area (Å²) >= 11 is 0. The van der Waals surface area contributed by atoms with Crippen molar-refractivity contribution in [1.29, 1.82) is 0 Å². The minimum Gasteiger partial charge on any atom is -0.744 e. The molecular formula is C19H19NNa2O9S2. The molecule has 2 unspecified atom stereocenters. The number of benzene rings is 2. The van der Waals surface area contributed by atoms with Gasteiger partial charge in [0.15, 0.2) is 5.78 Å². The summed E-state index contributed by atoms with van der Waals surface area (Å²) in [5.41, 5.74) is 6.78. The molecule has 0 bridgehead atoms. The quantitative estimate of drug-likeness (QED) is 0.227. The van der Waals surface area contributed by atoms with Crippen molar-refractivity contribution in [2.45, 2.75) is 35.1 Å². The SMILES string of the molecule is NC(Cc1ccc(S(=O)(=O)[O-])cc1)C(=O)CC(Cc1ccc(S(=O)(=O)[O-])cc1)C(=O)O.[Na+].[Na+]. The van der Waals surface area contributed by atoms with E-state index in [9.17, 15) is 40.6 Å². The molecule has 0 aliphatic heterocycles. The standard InChI is InChI=1S/C19H21NO9S2.2Na/c20-17(10-13-3-7-16(8-4-13)31(27,28)29)18(21)11-14(19(22)23)9-12-1-5-15(6-2-12)30(24,25)26;;/h1-8,14,17H,9-11,20H2,(H,22,23)(H,24,25,26)(H,27,28,29);;/q;2*+1/p-2. The molecule has 2 aromatic rings. The summed E-state index contributed by atoms with van der Waals surface area (Å²) < 4.78 is 65.7. The first-order valence-electron chi connectivity index (χ1n) is 8.88. The number of nitrogens with two attached hydrogens (primary N) is 1. The summed E-state index contributed by atoms with van der Waals surface area (Å²) in [5.74, 6) is -2.90. The zero-order valence-corrected chi connectivity index (χ0v) is 23.6. The molecule has 2 atom stereocenters. The summed E-state index contributed by atoms with van der Waals surface area (Å²) in [7, 11) is -9.22. The van der Waals surface area contributed by atoms with Gasteiger partial charge in [-0.05, 0) is 48.2 Å². The monoisotopic (exact) mass is 515 g/mol. The third-order valence-corrected chi connectivity index (χ3v) is 6.27. The van der Waals surface area contributed by atoms with Gasteiger partial charge < -0.3 is 19.9 Å². The molecule has 0 radical (unpaired) electrons. The maximum atomic E-state index is 12.4. The fourth-order valence-corrected chi connectivity index (χ4v) is 3.82. The number of hydrogen-bond donors (Lipinski definition) is 2. The van der Waals surface area contributed by atoms with Crippen molar-refractivity contribution in [1.82, 2.24) is 0 Å². The van der Waals surface area contributed by atoms with Crippen molar-refractivity contribution >= 4 is 32.0 Å². The Morgan fingerprint density at radius 1 is 0.788 bits per heavy atom. The molecule has 0 aliphatic rings. The molecule has 0 heterocycles. The molecule has 0 spiro atoms. The predicted molar refractivity (Wildman–Crippen MR) is 105 cm³/mol. The summed E-state index contributed by atoms with van der Waals surface area (Å²) in [6, 6.07) is 8.57. The van der Waals surface area contributed by atoms with Crippen LogP contribution in [-0.2, 0) is 42.7 Å². The number of ketones is 1. The third-order valence-electron chi connectivity index (χ3n) is 4.57. The molecular weight excluding hydrogens is 496 g/mol. The van der Waals surface area contributed by atoms with E-state index in [0.717, 1.165) is 24.3 Å². The van der Waals surface area contributed by atoms with Gasteiger partial charge in [0, 0.05) is 6.42 Å². The van der Waals surface area contributed by atoms with Crippen LogP contribution in [0.1, 0.15) is 17.5 Å². The average Bonchev–Trinajstić information content (AvgIpc) is 2.66. The molecule has 10 nitrogen and oxygen atoms in total. The molecule has 14 heteroatoms. The second-order valence-corrected chi connectivity index (χ2v) is 9.68. The van der Waals surface area contributed by atoms with E-state index in [1.165, 1.54) is 24.3 Å². The van der Waals surface area contributed by atoms with Crippen LogP contribution in [0.3, 0.4) is 0 Å². The first-order chi connectivity index (χ1) is 14.3. The van der Waals surface area contributed by atoms with Crippen molar-refractivity contribution < 1.29 is 99.8 Å². The topological polar surface area (TPSA) is 195 Å². The Morgan fingerprint density at radius 2 is 1.15 bits per heavy atom.